The Labute approximate surface area is 127 Å². The summed E-state index contributed by atoms with van der Waals surface area (Å²) in [5.74, 6) is 2.37. The van der Waals surface area contributed by atoms with Crippen molar-refractivity contribution >= 4 is 11.6 Å². The van der Waals surface area contributed by atoms with Gasteiger partial charge in [0.15, 0.2) is 0 Å². The predicted octanol–water partition coefficient (Wildman–Crippen LogP) is 3.71. The number of nitrogens with one attached hydrogen (secondary N) is 1. The molecule has 1 rings (SSSR count). The molecule has 114 valence electrons. The van der Waals surface area contributed by atoms with Crippen molar-refractivity contribution < 1.29 is 9.47 Å². The molecule has 1 aromatic rings. The van der Waals surface area contributed by atoms with Crippen LogP contribution in [0.4, 0.5) is 0 Å². The zero-order valence-electron chi connectivity index (χ0n) is 12.9. The molecule has 0 radical (unpaired) electrons. The summed E-state index contributed by atoms with van der Waals surface area (Å²) in [5.41, 5.74) is 0.203. The molecule has 3 nitrogen and oxygen atoms in total. The van der Waals surface area contributed by atoms with E-state index in [2.05, 4.69) is 26.1 Å². The normalized spacial score (nSPS) is 13.1. The third-order valence-corrected chi connectivity index (χ3v) is 3.48. The van der Waals surface area contributed by atoms with Crippen molar-refractivity contribution in [2.24, 2.45) is 5.41 Å². The Bertz CT molecular complexity index is 373. The van der Waals surface area contributed by atoms with Crippen LogP contribution in [0.5, 0.6) is 11.5 Å². The minimum absolute atomic E-state index is 0.203. The lowest BCUT2D eigenvalue weighted by molar-refractivity contribution is 0.237. The monoisotopic (exact) mass is 299 g/mol. The number of halogens is 1. The van der Waals surface area contributed by atoms with Crippen molar-refractivity contribution in [3.63, 3.8) is 0 Å². The average molecular weight is 300 g/mol. The Morgan fingerprint density at radius 3 is 2.25 bits per heavy atom. The molecule has 1 unspecified atom stereocenters. The maximum atomic E-state index is 5.86. The van der Waals surface area contributed by atoms with Crippen LogP contribution in [0.25, 0.3) is 0 Å². The lowest BCUT2D eigenvalue weighted by Gasteiger charge is -2.31. The van der Waals surface area contributed by atoms with Gasteiger partial charge in [-0.3, -0.25) is 0 Å². The van der Waals surface area contributed by atoms with E-state index in [9.17, 15) is 0 Å². The van der Waals surface area contributed by atoms with Crippen LogP contribution >= 0.6 is 11.6 Å². The summed E-state index contributed by atoms with van der Waals surface area (Å²) in [6.45, 7) is 8.12. The fourth-order valence-corrected chi connectivity index (χ4v) is 2.24. The van der Waals surface area contributed by atoms with E-state index in [-0.39, 0.29) is 5.41 Å². The van der Waals surface area contributed by atoms with Crippen molar-refractivity contribution in [3.05, 3.63) is 24.3 Å². The van der Waals surface area contributed by atoms with Gasteiger partial charge in [0, 0.05) is 18.5 Å². The molecule has 0 saturated heterocycles. The molecule has 1 N–H and O–H groups in total. The Morgan fingerprint density at radius 2 is 1.75 bits per heavy atom. The summed E-state index contributed by atoms with van der Waals surface area (Å²) in [5, 5.41) is 3.52. The van der Waals surface area contributed by atoms with Gasteiger partial charge in [-0.2, -0.15) is 0 Å². The Morgan fingerprint density at radius 1 is 1.15 bits per heavy atom. The van der Waals surface area contributed by atoms with Gasteiger partial charge in [-0.25, -0.2) is 0 Å². The standard InChI is InChI=1S/C16H26ClNO2/c1-16(2,3)15(9-10-17)18-11-12-20-14-7-5-13(19-4)6-8-14/h5-8,15,18H,9-12H2,1-4H3. The lowest BCUT2D eigenvalue weighted by atomic mass is 9.85. The van der Waals surface area contributed by atoms with Gasteiger partial charge in [-0.1, -0.05) is 20.8 Å². The topological polar surface area (TPSA) is 30.5 Å². The number of rotatable bonds is 8. The number of benzene rings is 1. The van der Waals surface area contributed by atoms with Crippen LogP contribution in [0.15, 0.2) is 24.3 Å². The van der Waals surface area contributed by atoms with E-state index in [0.717, 1.165) is 24.5 Å². The Hall–Kier alpha value is -0.930. The quantitative estimate of drug-likeness (QED) is 0.586. The van der Waals surface area contributed by atoms with Crippen LogP contribution in [-0.4, -0.2) is 32.2 Å². The number of methoxy groups -OCH3 is 1. The van der Waals surface area contributed by atoms with E-state index >= 15 is 0 Å². The van der Waals surface area contributed by atoms with Crippen LogP contribution < -0.4 is 14.8 Å². The zero-order chi connectivity index (χ0) is 15.0. The molecule has 20 heavy (non-hydrogen) atoms. The average Bonchev–Trinajstić information content (AvgIpc) is 2.41. The number of hydrogen-bond donors (Lipinski definition) is 1. The first-order valence-corrected chi connectivity index (χ1v) is 7.57. The van der Waals surface area contributed by atoms with Crippen molar-refractivity contribution in [2.75, 3.05) is 26.1 Å². The lowest BCUT2D eigenvalue weighted by Crippen LogP contribution is -2.42. The fraction of sp³-hybridized carbons (Fsp3) is 0.625. The minimum Gasteiger partial charge on any atom is -0.497 e. The minimum atomic E-state index is 0.203. The SMILES string of the molecule is COc1ccc(OCCNC(CCCl)C(C)(C)C)cc1. The van der Waals surface area contributed by atoms with Gasteiger partial charge in [0.2, 0.25) is 0 Å². The molecule has 0 aliphatic heterocycles. The van der Waals surface area contributed by atoms with Crippen LogP contribution in [-0.2, 0) is 0 Å². The Balaban J connectivity index is 2.32. The molecule has 0 heterocycles. The molecule has 0 saturated carbocycles. The zero-order valence-corrected chi connectivity index (χ0v) is 13.7. The molecule has 0 aromatic heterocycles. The largest absolute Gasteiger partial charge is 0.497 e. The first-order valence-electron chi connectivity index (χ1n) is 7.03. The second kappa shape index (κ2) is 8.38. The van der Waals surface area contributed by atoms with Gasteiger partial charge >= 0.3 is 0 Å². The van der Waals surface area contributed by atoms with Gasteiger partial charge in [0.05, 0.1) is 7.11 Å². The van der Waals surface area contributed by atoms with E-state index < -0.39 is 0 Å². The van der Waals surface area contributed by atoms with Gasteiger partial charge in [0.25, 0.3) is 0 Å². The molecule has 0 amide bonds. The molecule has 1 atom stereocenters. The number of alkyl halides is 1. The van der Waals surface area contributed by atoms with E-state index in [0.29, 0.717) is 18.5 Å². The Kier molecular flexibility index (Phi) is 7.17. The highest BCUT2D eigenvalue weighted by atomic mass is 35.5. The highest BCUT2D eigenvalue weighted by Gasteiger charge is 2.23. The summed E-state index contributed by atoms with van der Waals surface area (Å²) in [4.78, 5) is 0. The first kappa shape index (κ1) is 17.1. The molecule has 0 aliphatic rings. The van der Waals surface area contributed by atoms with Crippen LogP contribution in [0.3, 0.4) is 0 Å². The van der Waals surface area contributed by atoms with E-state index in [1.807, 2.05) is 24.3 Å². The summed E-state index contributed by atoms with van der Waals surface area (Å²) in [6, 6.07) is 8.03. The van der Waals surface area contributed by atoms with Crippen molar-refractivity contribution in [1.82, 2.24) is 5.32 Å². The third-order valence-electron chi connectivity index (χ3n) is 3.26. The molecule has 0 aliphatic carbocycles. The van der Waals surface area contributed by atoms with Crippen molar-refractivity contribution in [2.45, 2.75) is 33.2 Å². The summed E-state index contributed by atoms with van der Waals surface area (Å²) in [6.07, 6.45) is 0.966. The highest BCUT2D eigenvalue weighted by Crippen LogP contribution is 2.22. The summed E-state index contributed by atoms with van der Waals surface area (Å²) in [7, 11) is 1.66. The molecule has 0 bridgehead atoms. The second-order valence-corrected chi connectivity index (χ2v) is 6.25. The predicted molar refractivity (Wildman–Crippen MR) is 85.1 cm³/mol. The molecule has 4 heteroatoms. The van der Waals surface area contributed by atoms with Crippen LogP contribution in [0.2, 0.25) is 0 Å². The second-order valence-electron chi connectivity index (χ2n) is 5.87. The summed E-state index contributed by atoms with van der Waals surface area (Å²) >= 11 is 5.86. The van der Waals surface area contributed by atoms with E-state index in [1.54, 1.807) is 7.11 Å². The molecule has 1 aromatic carbocycles. The van der Waals surface area contributed by atoms with E-state index in [1.165, 1.54) is 0 Å². The van der Waals surface area contributed by atoms with Gasteiger partial charge < -0.3 is 14.8 Å². The fourth-order valence-electron chi connectivity index (χ4n) is 2.02. The number of hydrogen-bond acceptors (Lipinski definition) is 3. The van der Waals surface area contributed by atoms with Crippen LogP contribution in [0, 0.1) is 5.41 Å². The molecular weight excluding hydrogens is 274 g/mol. The van der Waals surface area contributed by atoms with Gasteiger partial charge in [-0.05, 0) is 36.1 Å². The third kappa shape index (κ3) is 6.02. The number of ether oxygens (including phenoxy) is 2. The van der Waals surface area contributed by atoms with Crippen LogP contribution in [0.1, 0.15) is 27.2 Å². The smallest absolute Gasteiger partial charge is 0.119 e. The van der Waals surface area contributed by atoms with Crippen molar-refractivity contribution in [3.8, 4) is 11.5 Å². The van der Waals surface area contributed by atoms with Crippen molar-refractivity contribution in [1.29, 1.82) is 0 Å². The maximum Gasteiger partial charge on any atom is 0.119 e. The highest BCUT2D eigenvalue weighted by molar-refractivity contribution is 6.17. The first-order chi connectivity index (χ1) is 9.47. The molecular formula is C16H26ClNO2. The molecule has 0 fully saturated rings. The van der Waals surface area contributed by atoms with Gasteiger partial charge in [0.1, 0.15) is 18.1 Å². The van der Waals surface area contributed by atoms with E-state index in [4.69, 9.17) is 21.1 Å². The van der Waals surface area contributed by atoms with Gasteiger partial charge in [-0.15, -0.1) is 11.6 Å². The summed E-state index contributed by atoms with van der Waals surface area (Å²) < 4.78 is 10.8. The maximum absolute atomic E-state index is 5.86. The molecule has 0 spiro atoms.